The number of aromatic nitrogens is 2. The number of rotatable bonds is 15. The highest BCUT2D eigenvalue weighted by Gasteiger charge is 2.27. The second-order valence-electron chi connectivity index (χ2n) is 12.6. The van der Waals surface area contributed by atoms with Crippen molar-refractivity contribution in [3.05, 3.63) is 75.5 Å². The zero-order valence-electron chi connectivity index (χ0n) is 29.5. The number of aliphatic imine (C=N–C) groups is 2. The van der Waals surface area contributed by atoms with Gasteiger partial charge in [0.2, 0.25) is 23.6 Å². The van der Waals surface area contributed by atoms with Gasteiger partial charge in [-0.05, 0) is 40.3 Å². The summed E-state index contributed by atoms with van der Waals surface area (Å²) >= 11 is 14.1. The molecular formula is C37H44Cl2N8O4. The molecule has 14 heteroatoms. The molecular weight excluding hydrogens is 691 g/mol. The van der Waals surface area contributed by atoms with E-state index in [9.17, 15) is 9.59 Å². The highest BCUT2D eigenvalue weighted by molar-refractivity contribution is 6.39. The first kappa shape index (κ1) is 37.9. The van der Waals surface area contributed by atoms with E-state index in [0.29, 0.717) is 92.8 Å². The van der Waals surface area contributed by atoms with Gasteiger partial charge in [-0.15, -0.1) is 0 Å². The average Bonchev–Trinajstić information content (AvgIpc) is 3.78. The van der Waals surface area contributed by atoms with Gasteiger partial charge in [0.1, 0.15) is 11.4 Å². The fourth-order valence-electron chi connectivity index (χ4n) is 6.23. The number of benzene rings is 2. The van der Waals surface area contributed by atoms with E-state index in [1.807, 2.05) is 57.2 Å². The van der Waals surface area contributed by atoms with Gasteiger partial charge in [0.25, 0.3) is 0 Å². The van der Waals surface area contributed by atoms with E-state index < -0.39 is 0 Å². The van der Waals surface area contributed by atoms with Crippen molar-refractivity contribution >= 4 is 47.4 Å². The zero-order chi connectivity index (χ0) is 36.7. The van der Waals surface area contributed by atoms with Crippen molar-refractivity contribution in [2.24, 2.45) is 9.98 Å². The van der Waals surface area contributed by atoms with Crippen molar-refractivity contribution in [3.8, 4) is 28.3 Å². The van der Waals surface area contributed by atoms with Gasteiger partial charge in [-0.1, -0.05) is 59.6 Å². The number of amides is 2. The number of hydrogen-bond donors (Lipinski definition) is 4. The minimum Gasteiger partial charge on any atom is -0.480 e. The first-order valence-corrected chi connectivity index (χ1v) is 17.6. The lowest BCUT2D eigenvalue weighted by atomic mass is 9.98. The van der Waals surface area contributed by atoms with Crippen LogP contribution in [0.15, 0.2) is 64.2 Å². The van der Waals surface area contributed by atoms with Gasteiger partial charge < -0.3 is 30.7 Å². The van der Waals surface area contributed by atoms with Gasteiger partial charge in [-0.25, -0.2) is 9.98 Å². The Hall–Kier alpha value is -4.36. The smallest absolute Gasteiger partial charge is 0.237 e. The fraction of sp³-hybridized carbons (Fsp3) is 0.405. The third kappa shape index (κ3) is 8.93. The number of carbonyl (C=O) groups is 2. The summed E-state index contributed by atoms with van der Waals surface area (Å²) in [5.74, 6) is 0.809. The van der Waals surface area contributed by atoms with Crippen LogP contribution in [-0.4, -0.2) is 79.1 Å². The molecule has 12 nitrogen and oxygen atoms in total. The Labute approximate surface area is 308 Å². The molecule has 3 aromatic rings. The molecule has 2 aliphatic rings. The molecule has 2 aliphatic heterocycles. The van der Waals surface area contributed by atoms with Crippen LogP contribution in [-0.2, 0) is 20.9 Å². The lowest BCUT2D eigenvalue weighted by molar-refractivity contribution is -0.120. The van der Waals surface area contributed by atoms with Gasteiger partial charge in [0.05, 0.1) is 41.9 Å². The van der Waals surface area contributed by atoms with Gasteiger partial charge in [-0.2, -0.15) is 0 Å². The Morgan fingerprint density at radius 3 is 2.16 bits per heavy atom. The SMILES string of the molecule is C=N/C(CN[C@@H](C)[C@H]1CCC(=O)N1)=C(\N=C(/C)c1cccc(-c2cccc(-c3cnc(CN[C@@H](C)[C@H]4CCC(=O)N4)c(OC)n3)c2Cl)c1Cl)OC. The van der Waals surface area contributed by atoms with Crippen molar-refractivity contribution in [2.45, 2.75) is 77.2 Å². The molecule has 3 heterocycles. The van der Waals surface area contributed by atoms with Gasteiger partial charge in [0, 0.05) is 72.4 Å². The molecule has 0 saturated carbocycles. The Morgan fingerprint density at radius 2 is 1.57 bits per heavy atom. The van der Waals surface area contributed by atoms with Crippen LogP contribution in [0.4, 0.5) is 0 Å². The predicted molar refractivity (Wildman–Crippen MR) is 201 cm³/mol. The van der Waals surface area contributed by atoms with Crippen molar-refractivity contribution in [3.63, 3.8) is 0 Å². The molecule has 1 aromatic heterocycles. The molecule has 0 unspecified atom stereocenters. The quantitative estimate of drug-likeness (QED) is 0.119. The summed E-state index contributed by atoms with van der Waals surface area (Å²) in [5.41, 5.74) is 5.08. The Kier molecular flexibility index (Phi) is 12.8. The first-order chi connectivity index (χ1) is 24.5. The van der Waals surface area contributed by atoms with E-state index >= 15 is 0 Å². The zero-order valence-corrected chi connectivity index (χ0v) is 31.0. The molecule has 0 radical (unpaired) electrons. The molecule has 4 N–H and O–H groups in total. The molecule has 5 rings (SSSR count). The van der Waals surface area contributed by atoms with Gasteiger partial charge in [0.15, 0.2) is 0 Å². The summed E-state index contributed by atoms with van der Waals surface area (Å²) in [6.45, 7) is 10.4. The van der Waals surface area contributed by atoms with Crippen LogP contribution in [0.5, 0.6) is 5.88 Å². The van der Waals surface area contributed by atoms with E-state index in [4.69, 9.17) is 42.7 Å². The van der Waals surface area contributed by atoms with E-state index in [-0.39, 0.29) is 36.0 Å². The number of nitrogens with one attached hydrogen (secondary N) is 4. The summed E-state index contributed by atoms with van der Waals surface area (Å²) in [6.07, 6.45) is 4.31. The number of nitrogens with zero attached hydrogens (tertiary/aromatic N) is 4. The third-order valence-electron chi connectivity index (χ3n) is 9.31. The predicted octanol–water partition coefficient (Wildman–Crippen LogP) is 5.46. The Balaban J connectivity index is 1.37. The largest absolute Gasteiger partial charge is 0.480 e. The minimum absolute atomic E-state index is 0.0203. The Bertz CT molecular complexity index is 1850. The van der Waals surface area contributed by atoms with Gasteiger partial charge in [-0.3, -0.25) is 19.6 Å². The molecule has 2 fully saturated rings. The normalized spacial score (nSPS) is 19.2. The van der Waals surface area contributed by atoms with Crippen LogP contribution in [0.1, 0.15) is 57.7 Å². The lowest BCUT2D eigenvalue weighted by Crippen LogP contribution is -2.44. The van der Waals surface area contributed by atoms with E-state index in [2.05, 4.69) is 38.0 Å². The lowest BCUT2D eigenvalue weighted by Gasteiger charge is -2.21. The maximum absolute atomic E-state index is 11.7. The summed E-state index contributed by atoms with van der Waals surface area (Å²) in [4.78, 5) is 41.6. The maximum Gasteiger partial charge on any atom is 0.237 e. The molecule has 51 heavy (non-hydrogen) atoms. The van der Waals surface area contributed by atoms with Crippen LogP contribution in [0.3, 0.4) is 0 Å². The number of ether oxygens (including phenoxy) is 2. The number of halogens is 2. The average molecular weight is 736 g/mol. The second kappa shape index (κ2) is 17.2. The van der Waals surface area contributed by atoms with Crippen LogP contribution in [0.25, 0.3) is 22.4 Å². The minimum atomic E-state index is 0.0203. The summed E-state index contributed by atoms with van der Waals surface area (Å²) < 4.78 is 11.2. The molecule has 0 spiro atoms. The van der Waals surface area contributed by atoms with Crippen LogP contribution < -0.4 is 26.0 Å². The van der Waals surface area contributed by atoms with Crippen molar-refractivity contribution in [1.82, 2.24) is 31.2 Å². The standard InChI is InChI=1S/C37H44Cl2N8O4/c1-20(44-36(50-5)30(40-4)18-41-21(2)27-13-15-32(48)45-27)23-9-7-10-24(34(23)38)25-11-8-12-26(35(25)39)29-17-43-31(37(47-29)51-6)19-42-22(3)28-14-16-33(49)46-28/h7-12,17,21-22,27-28,41-42H,4,13-16,18-19H2,1-3,5-6H3,(H,45,48)(H,46,49)/b36-30+,44-20+/t21-,22-,27+,28+/m0/s1. The molecule has 2 aromatic carbocycles. The van der Waals surface area contributed by atoms with E-state index in [1.54, 1.807) is 13.3 Å². The fourth-order valence-corrected chi connectivity index (χ4v) is 6.92. The summed E-state index contributed by atoms with van der Waals surface area (Å²) in [5, 5.41) is 13.7. The molecule has 2 amide bonds. The van der Waals surface area contributed by atoms with Crippen LogP contribution in [0.2, 0.25) is 10.0 Å². The first-order valence-electron chi connectivity index (χ1n) is 16.9. The number of carbonyl (C=O) groups excluding carboxylic acids is 2. The van der Waals surface area contributed by atoms with E-state index in [0.717, 1.165) is 12.8 Å². The van der Waals surface area contributed by atoms with Crippen molar-refractivity contribution in [2.75, 3.05) is 20.8 Å². The number of methoxy groups -OCH3 is 2. The Morgan fingerprint density at radius 1 is 0.961 bits per heavy atom. The molecule has 270 valence electrons. The highest BCUT2D eigenvalue weighted by atomic mass is 35.5. The van der Waals surface area contributed by atoms with Gasteiger partial charge >= 0.3 is 0 Å². The van der Waals surface area contributed by atoms with Crippen molar-refractivity contribution in [1.29, 1.82) is 0 Å². The third-order valence-corrected chi connectivity index (χ3v) is 10.1. The van der Waals surface area contributed by atoms with E-state index in [1.165, 1.54) is 7.11 Å². The van der Waals surface area contributed by atoms with Crippen molar-refractivity contribution < 1.29 is 19.1 Å². The second-order valence-corrected chi connectivity index (χ2v) is 13.4. The number of hydrogen-bond acceptors (Lipinski definition) is 10. The maximum atomic E-state index is 11.7. The monoisotopic (exact) mass is 734 g/mol. The van der Waals surface area contributed by atoms with Crippen LogP contribution in [0, 0.1) is 0 Å². The highest BCUT2D eigenvalue weighted by Crippen LogP contribution is 2.40. The molecule has 0 aliphatic carbocycles. The summed E-state index contributed by atoms with van der Waals surface area (Å²) in [7, 11) is 3.08. The summed E-state index contributed by atoms with van der Waals surface area (Å²) in [6, 6.07) is 11.5. The topological polar surface area (TPSA) is 151 Å². The molecule has 0 bridgehead atoms. The molecule has 4 atom stereocenters. The molecule has 2 saturated heterocycles. The van der Waals surface area contributed by atoms with Crippen LogP contribution >= 0.6 is 23.2 Å².